The van der Waals surface area contributed by atoms with E-state index in [9.17, 15) is 0 Å². The number of thioether (sulfide) groups is 1. The molecule has 0 fully saturated rings. The molecule has 2 atom stereocenters. The van der Waals surface area contributed by atoms with E-state index < -0.39 is 0 Å². The molecule has 0 radical (unpaired) electrons. The van der Waals surface area contributed by atoms with Crippen molar-refractivity contribution >= 4 is 22.8 Å². The van der Waals surface area contributed by atoms with Crippen molar-refractivity contribution in [2.75, 3.05) is 12.0 Å². The van der Waals surface area contributed by atoms with Crippen molar-refractivity contribution in [3.8, 4) is 0 Å². The van der Waals surface area contributed by atoms with E-state index in [0.717, 1.165) is 11.3 Å². The van der Waals surface area contributed by atoms with Gasteiger partial charge < -0.3 is 9.88 Å². The minimum Gasteiger partial charge on any atom is -0.330 e. The number of aromatic nitrogens is 2. The van der Waals surface area contributed by atoms with Gasteiger partial charge in [0.05, 0.1) is 17.1 Å². The molecule has 0 aliphatic heterocycles. The number of nitrogens with one attached hydrogen (secondary N) is 1. The molecule has 4 heteroatoms. The zero-order valence-electron chi connectivity index (χ0n) is 12.2. The summed E-state index contributed by atoms with van der Waals surface area (Å²) in [6, 6.07) is 9.08. The summed E-state index contributed by atoms with van der Waals surface area (Å²) in [7, 11) is 2.09. The van der Waals surface area contributed by atoms with Gasteiger partial charge >= 0.3 is 0 Å². The SMILES string of the molecule is CSCCC(C)NC(C)c1nc2ccccc2n1C. The highest BCUT2D eigenvalue weighted by molar-refractivity contribution is 7.98. The Balaban J connectivity index is 2.12. The molecule has 3 nitrogen and oxygen atoms in total. The minimum atomic E-state index is 0.272. The van der Waals surface area contributed by atoms with Gasteiger partial charge in [-0.2, -0.15) is 11.8 Å². The Morgan fingerprint density at radius 2 is 2.05 bits per heavy atom. The zero-order chi connectivity index (χ0) is 13.8. The van der Waals surface area contributed by atoms with Crippen LogP contribution in [-0.2, 0) is 7.05 Å². The summed E-state index contributed by atoms with van der Waals surface area (Å²) in [5.74, 6) is 2.31. The average molecular weight is 277 g/mol. The Morgan fingerprint density at radius 3 is 2.74 bits per heavy atom. The van der Waals surface area contributed by atoms with Crippen molar-refractivity contribution in [3.05, 3.63) is 30.1 Å². The van der Waals surface area contributed by atoms with Crippen LogP contribution in [0.25, 0.3) is 11.0 Å². The number of fused-ring (bicyclic) bond motifs is 1. The van der Waals surface area contributed by atoms with Crippen LogP contribution in [0.2, 0.25) is 0 Å². The van der Waals surface area contributed by atoms with Crippen LogP contribution in [0, 0.1) is 0 Å². The van der Waals surface area contributed by atoms with Crippen LogP contribution in [0.1, 0.15) is 32.1 Å². The first-order valence-electron chi connectivity index (χ1n) is 6.79. The van der Waals surface area contributed by atoms with Gasteiger partial charge in [0, 0.05) is 13.1 Å². The predicted octanol–water partition coefficient (Wildman–Crippen LogP) is 3.37. The van der Waals surface area contributed by atoms with Gasteiger partial charge in [-0.15, -0.1) is 0 Å². The molecule has 0 amide bonds. The summed E-state index contributed by atoms with van der Waals surface area (Å²) < 4.78 is 2.19. The molecule has 1 heterocycles. The molecule has 104 valence electrons. The fourth-order valence-electron chi connectivity index (χ4n) is 2.43. The number of nitrogens with zero attached hydrogens (tertiary/aromatic N) is 2. The first kappa shape index (κ1) is 14.4. The molecule has 0 bridgehead atoms. The fourth-order valence-corrected chi connectivity index (χ4v) is 3.02. The zero-order valence-corrected chi connectivity index (χ0v) is 13.0. The highest BCUT2D eigenvalue weighted by Gasteiger charge is 2.15. The lowest BCUT2D eigenvalue weighted by Crippen LogP contribution is -2.30. The number of rotatable bonds is 6. The van der Waals surface area contributed by atoms with Crippen molar-refractivity contribution in [2.24, 2.45) is 7.05 Å². The monoisotopic (exact) mass is 277 g/mol. The lowest BCUT2D eigenvalue weighted by Gasteiger charge is -2.19. The van der Waals surface area contributed by atoms with Crippen LogP contribution in [0.5, 0.6) is 0 Å². The van der Waals surface area contributed by atoms with E-state index in [2.05, 4.69) is 55.2 Å². The van der Waals surface area contributed by atoms with Crippen LogP contribution in [0.4, 0.5) is 0 Å². The van der Waals surface area contributed by atoms with Crippen LogP contribution >= 0.6 is 11.8 Å². The average Bonchev–Trinajstić information content (AvgIpc) is 2.74. The van der Waals surface area contributed by atoms with Crippen molar-refractivity contribution in [3.63, 3.8) is 0 Å². The van der Waals surface area contributed by atoms with Crippen LogP contribution < -0.4 is 5.32 Å². The molecule has 1 aromatic carbocycles. The van der Waals surface area contributed by atoms with Gasteiger partial charge in [0.25, 0.3) is 0 Å². The molecule has 2 aromatic rings. The van der Waals surface area contributed by atoms with Gasteiger partial charge in [0.1, 0.15) is 5.82 Å². The van der Waals surface area contributed by atoms with Gasteiger partial charge in [0.15, 0.2) is 0 Å². The van der Waals surface area contributed by atoms with E-state index in [1.54, 1.807) is 0 Å². The van der Waals surface area contributed by atoms with Gasteiger partial charge in [-0.1, -0.05) is 12.1 Å². The highest BCUT2D eigenvalue weighted by Crippen LogP contribution is 2.19. The second-order valence-electron chi connectivity index (χ2n) is 5.09. The fraction of sp³-hybridized carbons (Fsp3) is 0.533. The summed E-state index contributed by atoms with van der Waals surface area (Å²) in [6.07, 6.45) is 3.34. The van der Waals surface area contributed by atoms with Gasteiger partial charge in [-0.3, -0.25) is 0 Å². The summed E-state index contributed by atoms with van der Waals surface area (Å²) in [4.78, 5) is 4.74. The highest BCUT2D eigenvalue weighted by atomic mass is 32.2. The van der Waals surface area contributed by atoms with Crippen molar-refractivity contribution < 1.29 is 0 Å². The number of hydrogen-bond acceptors (Lipinski definition) is 3. The third-order valence-electron chi connectivity index (χ3n) is 3.50. The van der Waals surface area contributed by atoms with E-state index in [0.29, 0.717) is 6.04 Å². The van der Waals surface area contributed by atoms with Crippen LogP contribution in [-0.4, -0.2) is 27.6 Å². The minimum absolute atomic E-state index is 0.272. The number of hydrogen-bond donors (Lipinski definition) is 1. The quantitative estimate of drug-likeness (QED) is 0.878. The summed E-state index contributed by atoms with van der Waals surface area (Å²) >= 11 is 1.90. The first-order valence-corrected chi connectivity index (χ1v) is 8.19. The molecule has 19 heavy (non-hydrogen) atoms. The maximum absolute atomic E-state index is 4.74. The lowest BCUT2D eigenvalue weighted by atomic mass is 10.2. The van der Waals surface area contributed by atoms with Crippen molar-refractivity contribution in [2.45, 2.75) is 32.4 Å². The summed E-state index contributed by atoms with van der Waals surface area (Å²) in [6.45, 7) is 4.44. The van der Waals surface area contributed by atoms with Crippen molar-refractivity contribution in [1.82, 2.24) is 14.9 Å². The maximum Gasteiger partial charge on any atom is 0.126 e. The van der Waals surface area contributed by atoms with E-state index >= 15 is 0 Å². The third-order valence-corrected chi connectivity index (χ3v) is 4.14. The summed E-state index contributed by atoms with van der Waals surface area (Å²) in [5.41, 5.74) is 2.27. The molecule has 0 aliphatic carbocycles. The maximum atomic E-state index is 4.74. The molecule has 2 unspecified atom stereocenters. The Hall–Kier alpha value is -1.00. The lowest BCUT2D eigenvalue weighted by molar-refractivity contribution is 0.450. The topological polar surface area (TPSA) is 29.9 Å². The van der Waals surface area contributed by atoms with Gasteiger partial charge in [-0.05, 0) is 44.4 Å². The smallest absolute Gasteiger partial charge is 0.126 e. The third kappa shape index (κ3) is 3.31. The Bertz CT molecular complexity index is 535. The first-order chi connectivity index (χ1) is 9.13. The molecule has 2 rings (SSSR count). The molecule has 0 saturated carbocycles. The predicted molar refractivity (Wildman–Crippen MR) is 84.7 cm³/mol. The van der Waals surface area contributed by atoms with Gasteiger partial charge in [-0.25, -0.2) is 4.98 Å². The standard InChI is InChI=1S/C15H23N3S/c1-11(9-10-19-4)16-12(2)15-17-13-7-5-6-8-14(13)18(15)3/h5-8,11-12,16H,9-10H2,1-4H3. The Labute approximate surface area is 119 Å². The van der Waals surface area contributed by atoms with Crippen molar-refractivity contribution in [1.29, 1.82) is 0 Å². The summed E-state index contributed by atoms with van der Waals surface area (Å²) in [5, 5.41) is 3.64. The normalized spacial score (nSPS) is 14.7. The number of para-hydroxylation sites is 2. The molecule has 1 N–H and O–H groups in total. The molecule has 0 spiro atoms. The van der Waals surface area contributed by atoms with Crippen LogP contribution in [0.15, 0.2) is 24.3 Å². The van der Waals surface area contributed by atoms with E-state index in [1.807, 2.05) is 17.8 Å². The van der Waals surface area contributed by atoms with Gasteiger partial charge in [0.2, 0.25) is 0 Å². The van der Waals surface area contributed by atoms with E-state index in [4.69, 9.17) is 4.98 Å². The van der Waals surface area contributed by atoms with E-state index in [1.165, 1.54) is 17.7 Å². The molecule has 1 aromatic heterocycles. The Morgan fingerprint density at radius 1 is 1.32 bits per heavy atom. The molecular formula is C15H23N3S. The molecule has 0 aliphatic rings. The second-order valence-corrected chi connectivity index (χ2v) is 6.07. The van der Waals surface area contributed by atoms with Crippen LogP contribution in [0.3, 0.4) is 0 Å². The van der Waals surface area contributed by atoms with E-state index in [-0.39, 0.29) is 6.04 Å². The molecule has 0 saturated heterocycles. The second kappa shape index (κ2) is 6.44. The number of aryl methyl sites for hydroxylation is 1. The molecular weight excluding hydrogens is 254 g/mol. The Kier molecular flexibility index (Phi) is 4.88. The largest absolute Gasteiger partial charge is 0.330 e. The number of imidazole rings is 1. The number of benzene rings is 1.